The maximum atomic E-state index is 12.0. The Hall–Kier alpha value is -0.570. The van der Waals surface area contributed by atoms with Gasteiger partial charge in [-0.15, -0.1) is 0 Å². The first-order chi connectivity index (χ1) is 7.28. The molecule has 1 atom stereocenters. The minimum absolute atomic E-state index is 0.0849. The first-order valence-electron chi connectivity index (χ1n) is 6.24. The fraction of sp³-hybridized carbons (Fsp3) is 0.923. The lowest BCUT2D eigenvalue weighted by atomic mass is 10.0. The monoisotopic (exact) mass is 225 g/mol. The quantitative estimate of drug-likeness (QED) is 0.762. The van der Waals surface area contributed by atoms with Gasteiger partial charge in [-0.25, -0.2) is 0 Å². The highest BCUT2D eigenvalue weighted by Gasteiger charge is 2.68. The highest BCUT2D eigenvalue weighted by molar-refractivity contribution is 5.84. The van der Waals surface area contributed by atoms with Gasteiger partial charge in [-0.05, 0) is 29.6 Å². The summed E-state index contributed by atoms with van der Waals surface area (Å²) in [6, 6.07) is 0. The van der Waals surface area contributed by atoms with E-state index in [0.717, 1.165) is 12.8 Å². The molecule has 2 aliphatic carbocycles. The van der Waals surface area contributed by atoms with Crippen LogP contribution in [0.25, 0.3) is 0 Å². The first kappa shape index (κ1) is 11.9. The smallest absolute Gasteiger partial charge is 0.224 e. The minimum atomic E-state index is -0.339. The molecule has 2 rings (SSSR count). The summed E-state index contributed by atoms with van der Waals surface area (Å²) in [5.41, 5.74) is 0.170. The van der Waals surface area contributed by atoms with Crippen molar-refractivity contribution in [2.24, 2.45) is 22.7 Å². The molecule has 3 heteroatoms. The van der Waals surface area contributed by atoms with Crippen LogP contribution < -0.4 is 5.32 Å². The molecule has 0 aromatic carbocycles. The van der Waals surface area contributed by atoms with Crippen LogP contribution >= 0.6 is 0 Å². The van der Waals surface area contributed by atoms with Gasteiger partial charge < -0.3 is 10.4 Å². The molecule has 0 radical (unpaired) electrons. The van der Waals surface area contributed by atoms with E-state index < -0.39 is 0 Å². The van der Waals surface area contributed by atoms with Crippen LogP contribution in [-0.2, 0) is 4.79 Å². The second-order valence-corrected chi connectivity index (χ2v) is 6.53. The van der Waals surface area contributed by atoms with Crippen LogP contribution in [0.5, 0.6) is 0 Å². The standard InChI is InChI=1S/C13H23NO2/c1-12(2)10(13(12,3)4)11(16)14-7-9(15)8-5-6-8/h8-10,15H,5-7H2,1-4H3,(H,14,16). The molecule has 3 nitrogen and oxygen atoms in total. The van der Waals surface area contributed by atoms with Gasteiger partial charge in [0, 0.05) is 12.5 Å². The van der Waals surface area contributed by atoms with Crippen molar-refractivity contribution in [1.29, 1.82) is 0 Å². The highest BCUT2D eigenvalue weighted by atomic mass is 16.3. The molecule has 2 saturated carbocycles. The first-order valence-corrected chi connectivity index (χ1v) is 6.24. The summed E-state index contributed by atoms with van der Waals surface area (Å²) in [5, 5.41) is 12.6. The average Bonchev–Trinajstić information content (AvgIpc) is 3.01. The molecular weight excluding hydrogens is 202 g/mol. The Labute approximate surface area is 97.6 Å². The van der Waals surface area contributed by atoms with Gasteiger partial charge in [0.2, 0.25) is 5.91 Å². The second kappa shape index (κ2) is 3.46. The number of amides is 1. The van der Waals surface area contributed by atoms with Crippen LogP contribution in [0.1, 0.15) is 40.5 Å². The van der Waals surface area contributed by atoms with E-state index in [2.05, 4.69) is 33.0 Å². The maximum absolute atomic E-state index is 12.0. The zero-order chi connectivity index (χ0) is 12.1. The lowest BCUT2D eigenvalue weighted by Gasteiger charge is -2.11. The Morgan fingerprint density at radius 2 is 1.81 bits per heavy atom. The van der Waals surface area contributed by atoms with Crippen molar-refractivity contribution >= 4 is 5.91 Å². The van der Waals surface area contributed by atoms with Gasteiger partial charge in [0.25, 0.3) is 0 Å². The van der Waals surface area contributed by atoms with E-state index in [1.54, 1.807) is 0 Å². The number of rotatable bonds is 4. The van der Waals surface area contributed by atoms with Crippen LogP contribution in [0.4, 0.5) is 0 Å². The second-order valence-electron chi connectivity index (χ2n) is 6.53. The van der Waals surface area contributed by atoms with Gasteiger partial charge in [0.15, 0.2) is 0 Å². The van der Waals surface area contributed by atoms with Gasteiger partial charge in [0.05, 0.1) is 6.10 Å². The number of hydrogen-bond donors (Lipinski definition) is 2. The molecule has 0 aliphatic heterocycles. The molecule has 0 saturated heterocycles. The van der Waals surface area contributed by atoms with E-state index >= 15 is 0 Å². The van der Waals surface area contributed by atoms with Gasteiger partial charge in [-0.3, -0.25) is 4.79 Å². The summed E-state index contributed by atoms with van der Waals surface area (Å²) < 4.78 is 0. The molecule has 16 heavy (non-hydrogen) atoms. The van der Waals surface area contributed by atoms with E-state index in [4.69, 9.17) is 0 Å². The van der Waals surface area contributed by atoms with Gasteiger partial charge in [-0.2, -0.15) is 0 Å². The molecule has 2 fully saturated rings. The summed E-state index contributed by atoms with van der Waals surface area (Å²) in [5.74, 6) is 0.627. The number of carbonyl (C=O) groups excluding carboxylic acids is 1. The maximum Gasteiger partial charge on any atom is 0.224 e. The van der Waals surface area contributed by atoms with Crippen molar-refractivity contribution in [3.05, 3.63) is 0 Å². The third kappa shape index (κ3) is 1.75. The molecule has 0 aromatic rings. The normalized spacial score (nSPS) is 28.6. The molecular formula is C13H23NO2. The summed E-state index contributed by atoms with van der Waals surface area (Å²) >= 11 is 0. The number of aliphatic hydroxyl groups is 1. The Morgan fingerprint density at radius 3 is 2.19 bits per heavy atom. The van der Waals surface area contributed by atoms with Crippen molar-refractivity contribution in [3.63, 3.8) is 0 Å². The van der Waals surface area contributed by atoms with Crippen LogP contribution in [0.2, 0.25) is 0 Å². The van der Waals surface area contributed by atoms with E-state index in [-0.39, 0.29) is 28.8 Å². The minimum Gasteiger partial charge on any atom is -0.391 e. The van der Waals surface area contributed by atoms with Crippen molar-refractivity contribution in [2.75, 3.05) is 6.54 Å². The summed E-state index contributed by atoms with van der Waals surface area (Å²) in [6.07, 6.45) is 1.88. The Bertz CT molecular complexity index is 291. The van der Waals surface area contributed by atoms with Crippen molar-refractivity contribution < 1.29 is 9.90 Å². The number of nitrogens with one attached hydrogen (secondary N) is 1. The molecule has 92 valence electrons. The van der Waals surface area contributed by atoms with Crippen LogP contribution in [0.3, 0.4) is 0 Å². The Kier molecular flexibility index (Phi) is 2.57. The van der Waals surface area contributed by atoms with Crippen molar-refractivity contribution in [3.8, 4) is 0 Å². The van der Waals surface area contributed by atoms with Gasteiger partial charge in [0.1, 0.15) is 0 Å². The molecule has 1 unspecified atom stereocenters. The lowest BCUT2D eigenvalue weighted by molar-refractivity contribution is -0.124. The third-order valence-electron chi connectivity index (χ3n) is 4.93. The van der Waals surface area contributed by atoms with E-state index in [0.29, 0.717) is 12.5 Å². The highest BCUT2D eigenvalue weighted by Crippen LogP contribution is 2.68. The van der Waals surface area contributed by atoms with Gasteiger partial charge >= 0.3 is 0 Å². The molecule has 2 N–H and O–H groups in total. The summed E-state index contributed by atoms with van der Waals surface area (Å²) in [4.78, 5) is 12.0. The fourth-order valence-corrected chi connectivity index (χ4v) is 2.81. The van der Waals surface area contributed by atoms with E-state index in [9.17, 15) is 9.90 Å². The topological polar surface area (TPSA) is 49.3 Å². The number of hydrogen-bond acceptors (Lipinski definition) is 2. The van der Waals surface area contributed by atoms with E-state index in [1.165, 1.54) is 0 Å². The molecule has 0 bridgehead atoms. The SMILES string of the molecule is CC1(C)C(C(=O)NCC(O)C2CC2)C1(C)C. The summed E-state index contributed by atoms with van der Waals surface area (Å²) in [6.45, 7) is 8.96. The van der Waals surface area contributed by atoms with Gasteiger partial charge in [-0.1, -0.05) is 27.7 Å². The van der Waals surface area contributed by atoms with Crippen LogP contribution in [0.15, 0.2) is 0 Å². The zero-order valence-corrected chi connectivity index (χ0v) is 10.7. The number of carbonyl (C=O) groups is 1. The van der Waals surface area contributed by atoms with E-state index in [1.807, 2.05) is 0 Å². The molecule has 0 spiro atoms. The Morgan fingerprint density at radius 1 is 1.31 bits per heavy atom. The predicted molar refractivity (Wildman–Crippen MR) is 62.8 cm³/mol. The third-order valence-corrected chi connectivity index (χ3v) is 4.93. The summed E-state index contributed by atoms with van der Waals surface area (Å²) in [7, 11) is 0. The number of aliphatic hydroxyl groups excluding tert-OH is 1. The fourth-order valence-electron chi connectivity index (χ4n) is 2.81. The zero-order valence-electron chi connectivity index (χ0n) is 10.7. The lowest BCUT2D eigenvalue weighted by Crippen LogP contribution is -2.35. The van der Waals surface area contributed by atoms with Crippen LogP contribution in [-0.4, -0.2) is 23.7 Å². The molecule has 0 heterocycles. The van der Waals surface area contributed by atoms with Crippen molar-refractivity contribution in [1.82, 2.24) is 5.32 Å². The molecule has 0 aromatic heterocycles. The van der Waals surface area contributed by atoms with Crippen LogP contribution in [0, 0.1) is 22.7 Å². The average molecular weight is 225 g/mol. The van der Waals surface area contributed by atoms with Crippen molar-refractivity contribution in [2.45, 2.75) is 46.6 Å². The molecule has 1 amide bonds. The molecule has 2 aliphatic rings. The predicted octanol–water partition coefficient (Wildman–Crippen LogP) is 1.56. The Balaban J connectivity index is 1.81. The largest absolute Gasteiger partial charge is 0.391 e.